The second-order valence-corrected chi connectivity index (χ2v) is 7.07. The number of anilines is 1. The number of nitrogens with zero attached hydrogens (tertiary/aromatic N) is 2. The van der Waals surface area contributed by atoms with E-state index in [-0.39, 0.29) is 11.8 Å². The van der Waals surface area contributed by atoms with E-state index in [0.717, 1.165) is 12.2 Å². The summed E-state index contributed by atoms with van der Waals surface area (Å²) in [7, 11) is 1.59. The molecule has 2 aromatic rings. The summed E-state index contributed by atoms with van der Waals surface area (Å²) in [6.45, 7) is 2.70. The van der Waals surface area contributed by atoms with Crippen LogP contribution in [-0.4, -0.2) is 41.4 Å². The highest BCUT2D eigenvalue weighted by Crippen LogP contribution is 2.19. The first kappa shape index (κ1) is 19.2. The molecule has 9 heteroatoms. The lowest BCUT2D eigenvalue weighted by Crippen LogP contribution is -2.25. The van der Waals surface area contributed by atoms with Crippen LogP contribution in [0.1, 0.15) is 28.2 Å². The summed E-state index contributed by atoms with van der Waals surface area (Å²) in [5, 5.41) is 14.5. The normalized spacial score (nSPS) is 10.3. The molecule has 2 N–H and O–H groups in total. The van der Waals surface area contributed by atoms with Crippen molar-refractivity contribution in [3.8, 4) is 5.75 Å². The van der Waals surface area contributed by atoms with Crippen molar-refractivity contribution in [3.05, 3.63) is 34.3 Å². The summed E-state index contributed by atoms with van der Waals surface area (Å²) in [5.41, 5.74) is 0.657. The summed E-state index contributed by atoms with van der Waals surface area (Å²) >= 11 is 2.67. The lowest BCUT2D eigenvalue weighted by molar-refractivity contribution is -0.118. The third kappa shape index (κ3) is 6.35. The minimum atomic E-state index is -0.306. The SMILES string of the molecule is CCCNC(=O)CSCc1nnc(C(=O)Nc2ccc(OC)cc2)s1. The molecule has 0 spiro atoms. The number of benzene rings is 1. The topological polar surface area (TPSA) is 93.2 Å². The lowest BCUT2D eigenvalue weighted by atomic mass is 10.3. The van der Waals surface area contributed by atoms with Gasteiger partial charge in [-0.05, 0) is 30.7 Å². The Morgan fingerprint density at radius 3 is 2.68 bits per heavy atom. The molecule has 1 aromatic carbocycles. The highest BCUT2D eigenvalue weighted by atomic mass is 32.2. The first-order valence-corrected chi connectivity index (χ1v) is 9.71. The fourth-order valence-corrected chi connectivity index (χ4v) is 3.45. The molecule has 0 saturated carbocycles. The van der Waals surface area contributed by atoms with Crippen molar-refractivity contribution in [1.82, 2.24) is 15.5 Å². The molecule has 0 saturated heterocycles. The van der Waals surface area contributed by atoms with Gasteiger partial charge in [-0.1, -0.05) is 18.3 Å². The van der Waals surface area contributed by atoms with Crippen LogP contribution >= 0.6 is 23.1 Å². The van der Waals surface area contributed by atoms with Crippen molar-refractivity contribution in [3.63, 3.8) is 0 Å². The van der Waals surface area contributed by atoms with Crippen LogP contribution in [0, 0.1) is 0 Å². The molecule has 1 heterocycles. The maximum absolute atomic E-state index is 12.2. The molecule has 0 bridgehead atoms. The molecule has 0 aliphatic rings. The van der Waals surface area contributed by atoms with E-state index in [0.29, 0.717) is 33.8 Å². The molecule has 1 aromatic heterocycles. The van der Waals surface area contributed by atoms with E-state index < -0.39 is 0 Å². The van der Waals surface area contributed by atoms with Gasteiger partial charge in [-0.3, -0.25) is 9.59 Å². The number of carbonyl (C=O) groups excluding carboxylic acids is 2. The van der Waals surface area contributed by atoms with E-state index in [1.54, 1.807) is 31.4 Å². The smallest absolute Gasteiger partial charge is 0.286 e. The zero-order chi connectivity index (χ0) is 18.1. The first-order valence-electron chi connectivity index (χ1n) is 7.74. The molecule has 134 valence electrons. The van der Waals surface area contributed by atoms with Gasteiger partial charge in [0, 0.05) is 18.0 Å². The fourth-order valence-electron chi connectivity index (χ4n) is 1.81. The van der Waals surface area contributed by atoms with Gasteiger partial charge in [0.2, 0.25) is 10.9 Å². The molecular formula is C16H20N4O3S2. The van der Waals surface area contributed by atoms with Gasteiger partial charge >= 0.3 is 0 Å². The van der Waals surface area contributed by atoms with Crippen LogP contribution in [-0.2, 0) is 10.5 Å². The van der Waals surface area contributed by atoms with Gasteiger partial charge in [-0.15, -0.1) is 22.0 Å². The molecular weight excluding hydrogens is 360 g/mol. The minimum absolute atomic E-state index is 0.00818. The van der Waals surface area contributed by atoms with E-state index in [1.807, 2.05) is 6.92 Å². The Balaban J connectivity index is 1.81. The summed E-state index contributed by atoms with van der Waals surface area (Å²) in [4.78, 5) is 23.7. The number of rotatable bonds is 9. The fraction of sp³-hybridized carbons (Fsp3) is 0.375. The Labute approximate surface area is 154 Å². The molecule has 0 atom stereocenters. The molecule has 0 aliphatic carbocycles. The van der Waals surface area contributed by atoms with Crippen LogP contribution in [0.5, 0.6) is 5.75 Å². The molecule has 0 fully saturated rings. The van der Waals surface area contributed by atoms with Crippen LogP contribution in [0.25, 0.3) is 0 Å². The number of amides is 2. The predicted molar refractivity (Wildman–Crippen MR) is 100 cm³/mol. The molecule has 7 nitrogen and oxygen atoms in total. The highest BCUT2D eigenvalue weighted by molar-refractivity contribution is 7.99. The van der Waals surface area contributed by atoms with Gasteiger partial charge < -0.3 is 15.4 Å². The number of ether oxygens (including phenoxy) is 1. The quantitative estimate of drug-likeness (QED) is 0.694. The van der Waals surface area contributed by atoms with Crippen LogP contribution in [0.4, 0.5) is 5.69 Å². The van der Waals surface area contributed by atoms with Gasteiger partial charge in [0.1, 0.15) is 10.8 Å². The molecule has 2 rings (SSSR count). The lowest BCUT2D eigenvalue weighted by Gasteiger charge is -2.04. The summed E-state index contributed by atoms with van der Waals surface area (Å²) in [5.74, 6) is 1.34. The van der Waals surface area contributed by atoms with Crippen molar-refractivity contribution in [2.75, 3.05) is 24.7 Å². The third-order valence-electron chi connectivity index (χ3n) is 3.04. The monoisotopic (exact) mass is 380 g/mol. The molecule has 0 radical (unpaired) electrons. The minimum Gasteiger partial charge on any atom is -0.497 e. The first-order chi connectivity index (χ1) is 12.1. The van der Waals surface area contributed by atoms with Crippen molar-refractivity contribution in [1.29, 1.82) is 0 Å². The van der Waals surface area contributed by atoms with E-state index in [4.69, 9.17) is 4.74 Å². The molecule has 0 aliphatic heterocycles. The van der Waals surface area contributed by atoms with Gasteiger partial charge in [0.15, 0.2) is 0 Å². The van der Waals surface area contributed by atoms with Crippen molar-refractivity contribution in [2.24, 2.45) is 0 Å². The van der Waals surface area contributed by atoms with Crippen LogP contribution in [0.3, 0.4) is 0 Å². The van der Waals surface area contributed by atoms with Crippen LogP contribution in [0.2, 0.25) is 0 Å². The largest absolute Gasteiger partial charge is 0.497 e. The Hall–Kier alpha value is -2.13. The van der Waals surface area contributed by atoms with Gasteiger partial charge in [-0.2, -0.15) is 0 Å². The Kier molecular flexibility index (Phi) is 7.68. The number of thioether (sulfide) groups is 1. The van der Waals surface area contributed by atoms with Crippen LogP contribution < -0.4 is 15.4 Å². The number of methoxy groups -OCH3 is 1. The van der Waals surface area contributed by atoms with Crippen molar-refractivity contribution >= 4 is 40.6 Å². The van der Waals surface area contributed by atoms with E-state index in [1.165, 1.54) is 23.1 Å². The molecule has 0 unspecified atom stereocenters. The predicted octanol–water partition coefficient (Wildman–Crippen LogP) is 2.56. The average Bonchev–Trinajstić information content (AvgIpc) is 3.09. The van der Waals surface area contributed by atoms with Crippen molar-refractivity contribution in [2.45, 2.75) is 19.1 Å². The molecule has 2 amide bonds. The van der Waals surface area contributed by atoms with E-state index >= 15 is 0 Å². The maximum Gasteiger partial charge on any atom is 0.286 e. The second kappa shape index (κ2) is 10.00. The van der Waals surface area contributed by atoms with E-state index in [9.17, 15) is 9.59 Å². The Morgan fingerprint density at radius 2 is 2.00 bits per heavy atom. The number of aromatic nitrogens is 2. The van der Waals surface area contributed by atoms with Gasteiger partial charge in [0.25, 0.3) is 5.91 Å². The van der Waals surface area contributed by atoms with Crippen LogP contribution in [0.15, 0.2) is 24.3 Å². The van der Waals surface area contributed by atoms with Gasteiger partial charge in [-0.25, -0.2) is 0 Å². The maximum atomic E-state index is 12.2. The number of hydrogen-bond acceptors (Lipinski definition) is 7. The number of nitrogens with one attached hydrogen (secondary N) is 2. The second-order valence-electron chi connectivity index (χ2n) is 5.03. The summed E-state index contributed by atoms with van der Waals surface area (Å²) in [6, 6.07) is 7.04. The Bertz CT molecular complexity index is 704. The van der Waals surface area contributed by atoms with Gasteiger partial charge in [0.05, 0.1) is 12.9 Å². The molecule has 25 heavy (non-hydrogen) atoms. The summed E-state index contributed by atoms with van der Waals surface area (Å²) in [6.07, 6.45) is 0.916. The van der Waals surface area contributed by atoms with E-state index in [2.05, 4.69) is 20.8 Å². The van der Waals surface area contributed by atoms with Crippen molar-refractivity contribution < 1.29 is 14.3 Å². The standard InChI is InChI=1S/C16H20N4O3S2/c1-3-8-17-13(21)9-24-10-14-19-20-16(25-14)15(22)18-11-4-6-12(23-2)7-5-11/h4-7H,3,8-10H2,1-2H3,(H,17,21)(H,18,22). The zero-order valence-corrected chi connectivity index (χ0v) is 15.7. The number of hydrogen-bond donors (Lipinski definition) is 2. The summed E-state index contributed by atoms with van der Waals surface area (Å²) < 4.78 is 5.07. The zero-order valence-electron chi connectivity index (χ0n) is 14.1. The number of carbonyl (C=O) groups is 2. The average molecular weight is 380 g/mol. The highest BCUT2D eigenvalue weighted by Gasteiger charge is 2.13. The Morgan fingerprint density at radius 1 is 1.24 bits per heavy atom. The third-order valence-corrected chi connectivity index (χ3v) is 5.09.